The summed E-state index contributed by atoms with van der Waals surface area (Å²) in [4.78, 5) is 35.5. The average molecular weight is 632 g/mol. The van der Waals surface area contributed by atoms with Crippen LogP contribution in [-0.2, 0) is 6.18 Å². The molecule has 12 heteroatoms. The van der Waals surface area contributed by atoms with Gasteiger partial charge in [-0.3, -0.25) is 9.59 Å². The van der Waals surface area contributed by atoms with Crippen molar-refractivity contribution in [2.45, 2.75) is 31.9 Å². The van der Waals surface area contributed by atoms with E-state index in [1.54, 1.807) is 40.6 Å². The molecule has 0 bridgehead atoms. The summed E-state index contributed by atoms with van der Waals surface area (Å²) in [6.07, 6.45) is -3.44. The van der Waals surface area contributed by atoms with Crippen LogP contribution in [0.15, 0.2) is 88.7 Å². The third kappa shape index (κ3) is 6.75. The number of alkyl halides is 3. The number of nitrogens with one attached hydrogen (secondary N) is 2. The summed E-state index contributed by atoms with van der Waals surface area (Å²) < 4.78 is 47.2. The van der Waals surface area contributed by atoms with Crippen molar-refractivity contribution in [2.75, 3.05) is 28.6 Å². The molecular formula is C33H28F3N5O3S. The number of carbonyl (C=O) groups excluding carboxylic acids is 2. The average Bonchev–Trinajstić information content (AvgIpc) is 3.72. The molecule has 230 valence electrons. The Labute approximate surface area is 260 Å². The third-order valence-corrected chi connectivity index (χ3v) is 8.50. The highest BCUT2D eigenvalue weighted by Crippen LogP contribution is 2.36. The first kappa shape index (κ1) is 30.1. The lowest BCUT2D eigenvalue weighted by Gasteiger charge is -2.31. The van der Waals surface area contributed by atoms with Crippen molar-refractivity contribution in [3.63, 3.8) is 0 Å². The molecule has 1 aliphatic rings. The van der Waals surface area contributed by atoms with Crippen LogP contribution in [0.2, 0.25) is 0 Å². The van der Waals surface area contributed by atoms with Crippen LogP contribution >= 0.6 is 11.3 Å². The van der Waals surface area contributed by atoms with Gasteiger partial charge in [0.05, 0.1) is 5.69 Å². The highest BCUT2D eigenvalue weighted by atomic mass is 32.1. The van der Waals surface area contributed by atoms with Crippen molar-refractivity contribution < 1.29 is 27.2 Å². The molecule has 1 fully saturated rings. The zero-order valence-corrected chi connectivity index (χ0v) is 24.9. The van der Waals surface area contributed by atoms with Gasteiger partial charge >= 0.3 is 6.18 Å². The van der Waals surface area contributed by atoms with Crippen LogP contribution in [0, 0.1) is 6.92 Å². The number of hydrogen-bond acceptors (Lipinski definition) is 7. The maximum atomic E-state index is 13.9. The van der Waals surface area contributed by atoms with Gasteiger partial charge in [0.2, 0.25) is 5.76 Å². The van der Waals surface area contributed by atoms with E-state index < -0.39 is 23.5 Å². The topological polar surface area (TPSA) is 100 Å². The second-order valence-corrected chi connectivity index (χ2v) is 11.5. The van der Waals surface area contributed by atoms with Crippen molar-refractivity contribution in [3.8, 4) is 11.3 Å². The molecule has 5 aromatic rings. The van der Waals surface area contributed by atoms with E-state index in [0.29, 0.717) is 30.0 Å². The van der Waals surface area contributed by atoms with E-state index in [2.05, 4.69) is 20.6 Å². The Bertz CT molecular complexity index is 1810. The number of para-hydroxylation sites is 1. The van der Waals surface area contributed by atoms with Crippen LogP contribution in [-0.4, -0.2) is 34.9 Å². The molecule has 6 rings (SSSR count). The number of carbonyl (C=O) groups is 2. The molecule has 0 radical (unpaired) electrons. The number of oxazole rings is 1. The quantitative estimate of drug-likeness (QED) is 0.189. The number of aromatic nitrogens is 2. The third-order valence-electron chi connectivity index (χ3n) is 7.66. The van der Waals surface area contributed by atoms with Crippen LogP contribution < -0.4 is 15.5 Å². The van der Waals surface area contributed by atoms with Crippen LogP contribution in [0.25, 0.3) is 11.3 Å². The fraction of sp³-hybridized carbons (Fsp3) is 0.212. The van der Waals surface area contributed by atoms with Crippen molar-refractivity contribution in [2.24, 2.45) is 0 Å². The van der Waals surface area contributed by atoms with Gasteiger partial charge in [0.15, 0.2) is 10.7 Å². The van der Waals surface area contributed by atoms with Crippen LogP contribution in [0.3, 0.4) is 0 Å². The molecule has 8 nitrogen and oxygen atoms in total. The lowest BCUT2D eigenvalue weighted by atomic mass is 9.90. The molecule has 1 saturated heterocycles. The highest BCUT2D eigenvalue weighted by Gasteiger charge is 2.42. The van der Waals surface area contributed by atoms with E-state index in [0.717, 1.165) is 18.4 Å². The smallest absolute Gasteiger partial charge is 0.417 e. The fourth-order valence-corrected chi connectivity index (χ4v) is 5.95. The summed E-state index contributed by atoms with van der Waals surface area (Å²) in [5.74, 6) is -2.00. The largest absolute Gasteiger partial charge is 0.437 e. The zero-order chi connectivity index (χ0) is 31.6. The van der Waals surface area contributed by atoms with E-state index in [9.17, 15) is 22.8 Å². The monoisotopic (exact) mass is 631 g/mol. The number of benzene rings is 3. The van der Waals surface area contributed by atoms with Gasteiger partial charge in [0.25, 0.3) is 17.8 Å². The summed E-state index contributed by atoms with van der Waals surface area (Å²) in [7, 11) is 0. The minimum atomic E-state index is -4.88. The second-order valence-electron chi connectivity index (χ2n) is 10.7. The highest BCUT2D eigenvalue weighted by molar-refractivity contribution is 7.12. The number of anilines is 3. The molecule has 1 aliphatic heterocycles. The molecule has 2 aromatic heterocycles. The lowest BCUT2D eigenvalue weighted by molar-refractivity contribution is -0.141. The lowest BCUT2D eigenvalue weighted by Crippen LogP contribution is -2.33. The van der Waals surface area contributed by atoms with Gasteiger partial charge in [-0.25, -0.2) is 4.98 Å². The molecule has 45 heavy (non-hydrogen) atoms. The molecule has 2 amide bonds. The summed E-state index contributed by atoms with van der Waals surface area (Å²) in [6, 6.07) is 23.5. The Morgan fingerprint density at radius 2 is 1.58 bits per heavy atom. The number of halogens is 3. The number of rotatable bonds is 7. The van der Waals surface area contributed by atoms with Gasteiger partial charge in [0.1, 0.15) is 0 Å². The van der Waals surface area contributed by atoms with Crippen molar-refractivity contribution in [1.29, 1.82) is 0 Å². The van der Waals surface area contributed by atoms with E-state index >= 15 is 0 Å². The molecule has 0 aliphatic carbocycles. The number of nitrogens with zero attached hydrogens (tertiary/aromatic N) is 3. The first-order valence-corrected chi connectivity index (χ1v) is 15.2. The maximum Gasteiger partial charge on any atom is 0.437 e. The van der Waals surface area contributed by atoms with E-state index in [4.69, 9.17) is 4.42 Å². The zero-order valence-electron chi connectivity index (χ0n) is 24.1. The summed E-state index contributed by atoms with van der Waals surface area (Å²) >= 11 is 1.18. The second kappa shape index (κ2) is 12.6. The Morgan fingerprint density at radius 1 is 0.889 bits per heavy atom. The van der Waals surface area contributed by atoms with Crippen molar-refractivity contribution >= 4 is 40.5 Å². The molecule has 2 N–H and O–H groups in total. The molecule has 0 saturated carbocycles. The van der Waals surface area contributed by atoms with Gasteiger partial charge in [-0.05, 0) is 55.0 Å². The molecule has 0 atom stereocenters. The summed E-state index contributed by atoms with van der Waals surface area (Å²) in [5, 5.41) is 7.33. The number of hydrogen-bond donors (Lipinski definition) is 2. The van der Waals surface area contributed by atoms with E-state index in [-0.39, 0.29) is 28.5 Å². The fourth-order valence-electron chi connectivity index (χ4n) is 5.23. The Kier molecular flexibility index (Phi) is 8.40. The molecule has 0 spiro atoms. The van der Waals surface area contributed by atoms with Crippen molar-refractivity contribution in [1.82, 2.24) is 9.97 Å². The Hall–Kier alpha value is -4.97. The summed E-state index contributed by atoms with van der Waals surface area (Å²) in [6.45, 7) is 2.79. The number of aryl methyl sites for hydroxylation is 1. The predicted molar refractivity (Wildman–Crippen MR) is 167 cm³/mol. The van der Waals surface area contributed by atoms with E-state index in [1.807, 2.05) is 55.5 Å². The minimum absolute atomic E-state index is 0.222. The molecule has 3 heterocycles. The predicted octanol–water partition coefficient (Wildman–Crippen LogP) is 8.01. The minimum Gasteiger partial charge on any atom is -0.417 e. The number of piperidine rings is 1. The van der Waals surface area contributed by atoms with Gasteiger partial charge in [0, 0.05) is 35.4 Å². The molecule has 3 aromatic carbocycles. The normalized spacial score (nSPS) is 13.9. The SMILES string of the molecule is Cc1ccccc1NC(=O)c1nc(-c2ccc(NC(=O)c3oc(N4CCC(c5ccccc5)CC4)nc3C(F)(F)F)cc2)cs1. The molecular weight excluding hydrogens is 603 g/mol. The molecule has 0 unspecified atom stereocenters. The van der Waals surface area contributed by atoms with Gasteiger partial charge in [-0.1, -0.05) is 60.7 Å². The first-order chi connectivity index (χ1) is 21.7. The van der Waals surface area contributed by atoms with Crippen molar-refractivity contribution in [3.05, 3.63) is 112 Å². The van der Waals surface area contributed by atoms with Crippen LogP contribution in [0.4, 0.5) is 30.6 Å². The summed E-state index contributed by atoms with van der Waals surface area (Å²) in [5.41, 5.74) is 2.90. The van der Waals surface area contributed by atoms with Gasteiger partial charge in [-0.2, -0.15) is 18.2 Å². The standard InChI is InChI=1S/C33H28F3N5O3S/c1-20-7-5-6-10-25(20)38-30(43)31-39-26(19-45-31)23-11-13-24(14-12-23)37-29(42)27-28(33(34,35)36)40-32(44-27)41-17-15-22(16-18-41)21-8-3-2-4-9-21/h2-14,19,22H,15-18H2,1H3,(H,37,42)(H,38,43). The van der Waals surface area contributed by atoms with Gasteiger partial charge in [-0.15, -0.1) is 11.3 Å². The maximum absolute atomic E-state index is 13.9. The Balaban J connectivity index is 1.12. The van der Waals surface area contributed by atoms with Crippen LogP contribution in [0.1, 0.15) is 55.9 Å². The van der Waals surface area contributed by atoms with Crippen LogP contribution in [0.5, 0.6) is 0 Å². The number of amides is 2. The van der Waals surface area contributed by atoms with E-state index in [1.165, 1.54) is 16.9 Å². The Morgan fingerprint density at radius 3 is 2.27 bits per heavy atom. The first-order valence-electron chi connectivity index (χ1n) is 14.3. The van der Waals surface area contributed by atoms with Gasteiger partial charge < -0.3 is 20.0 Å². The number of thiazole rings is 1.